The summed E-state index contributed by atoms with van der Waals surface area (Å²) in [5.74, 6) is -0.362. The van der Waals surface area contributed by atoms with Crippen molar-refractivity contribution in [3.63, 3.8) is 0 Å². The van der Waals surface area contributed by atoms with Crippen molar-refractivity contribution in [2.45, 2.75) is 0 Å². The number of anilines is 1. The molecule has 1 aliphatic heterocycles. The van der Waals surface area contributed by atoms with E-state index in [2.05, 4.69) is 6.07 Å². The van der Waals surface area contributed by atoms with Gasteiger partial charge < -0.3 is 4.74 Å². The Balaban J connectivity index is 2.35. The largest absolute Gasteiger partial charge is 0.448 e. The van der Waals surface area contributed by atoms with Gasteiger partial charge in [0.05, 0.1) is 23.2 Å². The average Bonchev–Trinajstić information content (AvgIpc) is 2.39. The molecule has 0 bridgehead atoms. The molecule has 1 saturated heterocycles. The van der Waals surface area contributed by atoms with Crippen LogP contribution in [0.4, 0.5) is 10.5 Å². The summed E-state index contributed by atoms with van der Waals surface area (Å²) in [6.07, 6.45) is -0.515. The summed E-state index contributed by atoms with van der Waals surface area (Å²) in [6, 6.07) is 10.8. The van der Waals surface area contributed by atoms with Crippen LogP contribution >= 0.6 is 0 Å². The molecule has 1 fully saturated rings. The molecule has 0 aromatic heterocycles. The monoisotopic (exact) mass is 227 g/mol. The highest BCUT2D eigenvalue weighted by molar-refractivity contribution is 5.90. The molecule has 84 valence electrons. The van der Waals surface area contributed by atoms with Gasteiger partial charge in [0.15, 0.2) is 0 Å². The minimum atomic E-state index is -0.515. The quantitative estimate of drug-likeness (QED) is 0.730. The van der Waals surface area contributed by atoms with Gasteiger partial charge >= 0.3 is 6.09 Å². The smallest absolute Gasteiger partial charge is 0.414 e. The zero-order valence-corrected chi connectivity index (χ0v) is 8.96. The highest BCUT2D eigenvalue weighted by atomic mass is 16.6. The Morgan fingerprint density at radius 3 is 2.82 bits per heavy atom. The first-order valence-corrected chi connectivity index (χ1v) is 5.09. The second-order valence-electron chi connectivity index (χ2n) is 3.64. The predicted octanol–water partition coefficient (Wildman–Crippen LogP) is 1.65. The number of carbonyl (C=O) groups excluding carboxylic acids is 1. The lowest BCUT2D eigenvalue weighted by Crippen LogP contribution is -2.43. The van der Waals surface area contributed by atoms with Crippen LogP contribution in [0.1, 0.15) is 5.56 Å². The SMILES string of the molecule is N#Cc1ccccc1N1CC(C#N)COC1=O. The summed E-state index contributed by atoms with van der Waals surface area (Å²) in [4.78, 5) is 12.9. The Morgan fingerprint density at radius 1 is 1.35 bits per heavy atom. The van der Waals surface area contributed by atoms with E-state index >= 15 is 0 Å². The first-order valence-electron chi connectivity index (χ1n) is 5.09. The molecule has 5 nitrogen and oxygen atoms in total. The molecule has 0 saturated carbocycles. The standard InChI is InChI=1S/C12H9N3O2/c13-5-9-7-15(12(16)17-8-9)11-4-2-1-3-10(11)6-14/h1-4,9H,7-8H2. The van der Waals surface area contributed by atoms with Crippen LogP contribution in [0.15, 0.2) is 24.3 Å². The van der Waals surface area contributed by atoms with Gasteiger partial charge in [0, 0.05) is 6.54 Å². The van der Waals surface area contributed by atoms with Crippen LogP contribution in [0, 0.1) is 28.6 Å². The van der Waals surface area contributed by atoms with Crippen molar-refractivity contribution >= 4 is 11.8 Å². The van der Waals surface area contributed by atoms with Gasteiger partial charge in [-0.25, -0.2) is 4.79 Å². The number of hydrogen-bond donors (Lipinski definition) is 0. The van der Waals surface area contributed by atoms with Gasteiger partial charge in [-0.05, 0) is 12.1 Å². The lowest BCUT2D eigenvalue weighted by Gasteiger charge is -2.29. The van der Waals surface area contributed by atoms with Gasteiger partial charge in [0.2, 0.25) is 0 Å². The molecule has 5 heteroatoms. The number of carbonyl (C=O) groups is 1. The minimum absolute atomic E-state index is 0.112. The maximum Gasteiger partial charge on any atom is 0.414 e. The number of amides is 1. The van der Waals surface area contributed by atoms with Gasteiger partial charge in [-0.1, -0.05) is 12.1 Å². The molecule has 0 aliphatic carbocycles. The maximum absolute atomic E-state index is 11.6. The van der Waals surface area contributed by atoms with Crippen LogP contribution < -0.4 is 4.90 Å². The number of nitriles is 2. The summed E-state index contributed by atoms with van der Waals surface area (Å²) in [5.41, 5.74) is 0.878. The van der Waals surface area contributed by atoms with E-state index in [9.17, 15) is 4.79 Å². The number of para-hydroxylation sites is 1. The van der Waals surface area contributed by atoms with E-state index < -0.39 is 6.09 Å². The maximum atomic E-state index is 11.6. The highest BCUT2D eigenvalue weighted by Gasteiger charge is 2.29. The van der Waals surface area contributed by atoms with E-state index in [1.807, 2.05) is 6.07 Å². The topological polar surface area (TPSA) is 77.1 Å². The number of rotatable bonds is 1. The van der Waals surface area contributed by atoms with Crippen LogP contribution in [0.2, 0.25) is 0 Å². The predicted molar refractivity (Wildman–Crippen MR) is 59.0 cm³/mol. The summed E-state index contributed by atoms with van der Waals surface area (Å²) < 4.78 is 4.90. The summed E-state index contributed by atoms with van der Waals surface area (Å²) >= 11 is 0. The molecular formula is C12H9N3O2. The zero-order chi connectivity index (χ0) is 12.3. The van der Waals surface area contributed by atoms with Crippen molar-refractivity contribution in [2.75, 3.05) is 18.1 Å². The van der Waals surface area contributed by atoms with Crippen molar-refractivity contribution in [1.29, 1.82) is 10.5 Å². The Kier molecular flexibility index (Phi) is 2.93. The van der Waals surface area contributed by atoms with Crippen LogP contribution in [0.3, 0.4) is 0 Å². The van der Waals surface area contributed by atoms with E-state index in [1.165, 1.54) is 4.90 Å². The summed E-state index contributed by atoms with van der Waals surface area (Å²) in [6.45, 7) is 0.370. The van der Waals surface area contributed by atoms with Gasteiger partial charge in [-0.3, -0.25) is 4.90 Å². The molecule has 17 heavy (non-hydrogen) atoms. The van der Waals surface area contributed by atoms with E-state index in [0.29, 0.717) is 11.3 Å². The molecule has 0 N–H and O–H groups in total. The van der Waals surface area contributed by atoms with Gasteiger partial charge in [-0.2, -0.15) is 10.5 Å². The Bertz CT molecular complexity index is 527. The Morgan fingerprint density at radius 2 is 2.12 bits per heavy atom. The van der Waals surface area contributed by atoms with Gasteiger partial charge in [-0.15, -0.1) is 0 Å². The number of benzene rings is 1. The molecule has 0 radical (unpaired) electrons. The third kappa shape index (κ3) is 2.04. The normalized spacial score (nSPS) is 19.1. The van der Waals surface area contributed by atoms with Crippen molar-refractivity contribution in [2.24, 2.45) is 5.92 Å². The average molecular weight is 227 g/mol. The lowest BCUT2D eigenvalue weighted by atomic mass is 10.1. The third-order valence-corrected chi connectivity index (χ3v) is 2.53. The van der Waals surface area contributed by atoms with Crippen molar-refractivity contribution in [1.82, 2.24) is 0 Å². The molecule has 1 amide bonds. The van der Waals surface area contributed by atoms with Gasteiger partial charge in [0.25, 0.3) is 0 Å². The van der Waals surface area contributed by atoms with E-state index in [0.717, 1.165) is 0 Å². The van der Waals surface area contributed by atoms with E-state index in [-0.39, 0.29) is 19.1 Å². The van der Waals surface area contributed by atoms with Gasteiger partial charge in [0.1, 0.15) is 12.7 Å². The molecule has 1 aromatic rings. The molecule has 2 rings (SSSR count). The van der Waals surface area contributed by atoms with Crippen molar-refractivity contribution < 1.29 is 9.53 Å². The molecule has 1 heterocycles. The van der Waals surface area contributed by atoms with Crippen LogP contribution in [-0.2, 0) is 4.74 Å². The van der Waals surface area contributed by atoms with E-state index in [1.54, 1.807) is 24.3 Å². The van der Waals surface area contributed by atoms with Crippen molar-refractivity contribution in [3.05, 3.63) is 29.8 Å². The number of cyclic esters (lactones) is 1. The van der Waals surface area contributed by atoms with Crippen LogP contribution in [0.25, 0.3) is 0 Å². The minimum Gasteiger partial charge on any atom is -0.448 e. The highest BCUT2D eigenvalue weighted by Crippen LogP contribution is 2.24. The fourth-order valence-corrected chi connectivity index (χ4v) is 1.68. The Labute approximate surface area is 98.4 Å². The fourth-order valence-electron chi connectivity index (χ4n) is 1.68. The summed E-state index contributed by atoms with van der Waals surface area (Å²) in [7, 11) is 0. The van der Waals surface area contributed by atoms with Crippen LogP contribution in [0.5, 0.6) is 0 Å². The van der Waals surface area contributed by atoms with E-state index in [4.69, 9.17) is 15.3 Å². The first kappa shape index (κ1) is 11.0. The number of ether oxygens (including phenoxy) is 1. The molecule has 1 aliphatic rings. The lowest BCUT2D eigenvalue weighted by molar-refractivity contribution is 0.127. The zero-order valence-electron chi connectivity index (χ0n) is 8.96. The second-order valence-corrected chi connectivity index (χ2v) is 3.64. The Hall–Kier alpha value is -2.53. The molecule has 1 unspecified atom stereocenters. The first-order chi connectivity index (χ1) is 8.26. The molecule has 0 spiro atoms. The third-order valence-electron chi connectivity index (χ3n) is 2.53. The number of nitrogens with zero attached hydrogens (tertiary/aromatic N) is 3. The molecular weight excluding hydrogens is 218 g/mol. The number of hydrogen-bond acceptors (Lipinski definition) is 4. The second kappa shape index (κ2) is 4.54. The fraction of sp³-hybridized carbons (Fsp3) is 0.250. The molecule has 1 aromatic carbocycles. The summed E-state index contributed by atoms with van der Waals surface area (Å²) in [5, 5.41) is 17.8. The molecule has 1 atom stereocenters. The van der Waals surface area contributed by atoms with Crippen molar-refractivity contribution in [3.8, 4) is 12.1 Å². The van der Waals surface area contributed by atoms with Crippen LogP contribution in [-0.4, -0.2) is 19.2 Å².